The van der Waals surface area contributed by atoms with Crippen LogP contribution in [-0.4, -0.2) is 32.1 Å². The van der Waals surface area contributed by atoms with Gasteiger partial charge < -0.3 is 9.30 Å². The number of carbonyl (C=O) groups excluding carboxylic acids is 2. The summed E-state index contributed by atoms with van der Waals surface area (Å²) in [6.07, 6.45) is 4.95. The number of benzene rings is 1. The van der Waals surface area contributed by atoms with E-state index in [0.29, 0.717) is 23.7 Å². The van der Waals surface area contributed by atoms with Crippen molar-refractivity contribution in [3.63, 3.8) is 0 Å². The van der Waals surface area contributed by atoms with Crippen LogP contribution in [0.15, 0.2) is 59.8 Å². The maximum atomic E-state index is 12.8. The number of nitrogens with zero attached hydrogens (tertiary/aromatic N) is 3. The van der Waals surface area contributed by atoms with E-state index in [1.807, 2.05) is 18.2 Å². The summed E-state index contributed by atoms with van der Waals surface area (Å²) in [5.74, 6) is 0. The van der Waals surface area contributed by atoms with Crippen LogP contribution in [0, 0.1) is 0 Å². The van der Waals surface area contributed by atoms with Crippen molar-refractivity contribution in [2.24, 2.45) is 0 Å². The maximum Gasteiger partial charge on any atom is 0.419 e. The molecule has 0 N–H and O–H groups in total. The van der Waals surface area contributed by atoms with Gasteiger partial charge in [-0.2, -0.15) is 0 Å². The minimum atomic E-state index is -0.697. The number of ether oxygens (including phenoxy) is 1. The zero-order valence-corrected chi connectivity index (χ0v) is 17.0. The van der Waals surface area contributed by atoms with Crippen LogP contribution >= 0.6 is 0 Å². The van der Waals surface area contributed by atoms with Crippen molar-refractivity contribution in [2.45, 2.75) is 32.9 Å². The number of hydrogen-bond donors (Lipinski definition) is 0. The monoisotopic (exact) mass is 403 g/mol. The Morgan fingerprint density at radius 1 is 1.13 bits per heavy atom. The predicted octanol–water partition coefficient (Wildman–Crippen LogP) is 4.00. The van der Waals surface area contributed by atoms with Gasteiger partial charge in [0.2, 0.25) is 0 Å². The van der Waals surface area contributed by atoms with Gasteiger partial charge in [-0.15, -0.1) is 0 Å². The zero-order chi connectivity index (χ0) is 21.5. The molecule has 7 heteroatoms. The molecule has 3 heterocycles. The van der Waals surface area contributed by atoms with Crippen molar-refractivity contribution in [3.05, 3.63) is 76.6 Å². The lowest BCUT2D eigenvalue weighted by molar-refractivity contribution is 0.0538. The first-order valence-electron chi connectivity index (χ1n) is 9.53. The summed E-state index contributed by atoms with van der Waals surface area (Å²) in [6.45, 7) is 5.62. The summed E-state index contributed by atoms with van der Waals surface area (Å²) < 4.78 is 8.32. The second kappa shape index (κ2) is 7.26. The van der Waals surface area contributed by atoms with E-state index in [2.05, 4.69) is 4.98 Å². The molecule has 0 aliphatic heterocycles. The van der Waals surface area contributed by atoms with Crippen molar-refractivity contribution < 1.29 is 14.3 Å². The van der Waals surface area contributed by atoms with Gasteiger partial charge in [0.05, 0.1) is 23.1 Å². The molecule has 3 aromatic heterocycles. The highest BCUT2D eigenvalue weighted by Gasteiger charge is 2.22. The van der Waals surface area contributed by atoms with E-state index in [1.54, 1.807) is 62.1 Å². The van der Waals surface area contributed by atoms with Gasteiger partial charge in [-0.25, -0.2) is 9.36 Å². The van der Waals surface area contributed by atoms with Gasteiger partial charge in [0.25, 0.3) is 5.56 Å². The van der Waals surface area contributed by atoms with Gasteiger partial charge in [-0.05, 0) is 56.0 Å². The molecule has 0 fully saturated rings. The fourth-order valence-corrected chi connectivity index (χ4v) is 3.41. The Bertz CT molecular complexity index is 1340. The average Bonchev–Trinajstić information content (AvgIpc) is 3.07. The Morgan fingerprint density at radius 3 is 2.67 bits per heavy atom. The Hall–Kier alpha value is -3.74. The fourth-order valence-electron chi connectivity index (χ4n) is 3.41. The van der Waals surface area contributed by atoms with Crippen LogP contribution in [0.5, 0.6) is 0 Å². The van der Waals surface area contributed by atoms with Crippen molar-refractivity contribution in [3.8, 4) is 0 Å². The van der Waals surface area contributed by atoms with Crippen LogP contribution in [0.25, 0.3) is 21.7 Å². The van der Waals surface area contributed by atoms with Crippen LogP contribution < -0.4 is 5.56 Å². The summed E-state index contributed by atoms with van der Waals surface area (Å²) in [7, 11) is 0. The lowest BCUT2D eigenvalue weighted by atomic mass is 10.1. The molecule has 0 saturated heterocycles. The molecule has 0 radical (unpaired) electrons. The minimum Gasteiger partial charge on any atom is -0.443 e. The Kier molecular flexibility index (Phi) is 4.73. The van der Waals surface area contributed by atoms with Crippen molar-refractivity contribution in [1.29, 1.82) is 0 Å². The molecule has 7 nitrogen and oxygen atoms in total. The van der Waals surface area contributed by atoms with E-state index in [4.69, 9.17) is 4.74 Å². The molecule has 4 rings (SSSR count). The van der Waals surface area contributed by atoms with Gasteiger partial charge >= 0.3 is 6.09 Å². The molecular weight excluding hydrogens is 382 g/mol. The first-order valence-corrected chi connectivity index (χ1v) is 9.53. The molecular formula is C23H21N3O4. The first kappa shape index (κ1) is 19.6. The average molecular weight is 403 g/mol. The van der Waals surface area contributed by atoms with E-state index in [0.717, 1.165) is 16.3 Å². The summed E-state index contributed by atoms with van der Waals surface area (Å²) in [5, 5.41) is 2.11. The standard InChI is InChI=1S/C23H21N3O4/c1-23(2,3)30-22(29)26-18(14-27)11-17-5-4-15(10-20(17)26)13-25-9-7-16-6-8-24-12-19(16)21(25)28/h4-12,14H,13H2,1-3H3. The van der Waals surface area contributed by atoms with E-state index in [9.17, 15) is 14.4 Å². The van der Waals surface area contributed by atoms with Crippen LogP contribution in [-0.2, 0) is 11.3 Å². The van der Waals surface area contributed by atoms with E-state index in [-0.39, 0.29) is 11.3 Å². The summed E-state index contributed by atoms with van der Waals surface area (Å²) in [6, 6.07) is 10.8. The summed E-state index contributed by atoms with van der Waals surface area (Å²) >= 11 is 0. The molecule has 30 heavy (non-hydrogen) atoms. The van der Waals surface area contributed by atoms with E-state index >= 15 is 0 Å². The number of fused-ring (bicyclic) bond motifs is 2. The number of pyridine rings is 2. The number of carbonyl (C=O) groups is 2. The third-order valence-electron chi connectivity index (χ3n) is 4.73. The second-order valence-corrected chi connectivity index (χ2v) is 8.11. The summed E-state index contributed by atoms with van der Waals surface area (Å²) in [4.78, 5) is 41.0. The topological polar surface area (TPSA) is 83.2 Å². The third kappa shape index (κ3) is 3.61. The van der Waals surface area contributed by atoms with Gasteiger partial charge in [0.15, 0.2) is 6.29 Å². The highest BCUT2D eigenvalue weighted by molar-refractivity contribution is 5.97. The highest BCUT2D eigenvalue weighted by atomic mass is 16.6. The normalized spacial score (nSPS) is 11.7. The number of rotatable bonds is 3. The van der Waals surface area contributed by atoms with E-state index < -0.39 is 11.7 Å². The minimum absolute atomic E-state index is 0.142. The number of hydrogen-bond acceptors (Lipinski definition) is 5. The van der Waals surface area contributed by atoms with Crippen molar-refractivity contribution in [2.75, 3.05) is 0 Å². The molecule has 1 aromatic carbocycles. The van der Waals surface area contributed by atoms with Crippen LogP contribution in [0.2, 0.25) is 0 Å². The Morgan fingerprint density at radius 2 is 1.93 bits per heavy atom. The molecule has 0 bridgehead atoms. The summed E-state index contributed by atoms with van der Waals surface area (Å²) in [5.41, 5.74) is 0.743. The Labute approximate surface area is 172 Å². The SMILES string of the molecule is CC(C)(C)OC(=O)n1c(C=O)cc2ccc(Cn3ccc4ccncc4c3=O)cc21. The van der Waals surface area contributed by atoms with Gasteiger partial charge in [0.1, 0.15) is 5.60 Å². The molecule has 0 atom stereocenters. The lowest BCUT2D eigenvalue weighted by Crippen LogP contribution is -2.28. The number of aromatic nitrogens is 3. The molecule has 0 saturated carbocycles. The van der Waals surface area contributed by atoms with Crippen LogP contribution in [0.1, 0.15) is 36.8 Å². The van der Waals surface area contributed by atoms with Gasteiger partial charge in [-0.3, -0.25) is 14.6 Å². The Balaban J connectivity index is 1.77. The van der Waals surface area contributed by atoms with Gasteiger partial charge in [0, 0.05) is 24.0 Å². The first-order chi connectivity index (χ1) is 14.3. The smallest absolute Gasteiger partial charge is 0.419 e. The molecule has 4 aromatic rings. The fraction of sp³-hybridized carbons (Fsp3) is 0.217. The lowest BCUT2D eigenvalue weighted by Gasteiger charge is -2.20. The number of aldehydes is 1. The highest BCUT2D eigenvalue weighted by Crippen LogP contribution is 2.23. The molecule has 0 amide bonds. The molecule has 0 spiro atoms. The van der Waals surface area contributed by atoms with E-state index in [1.165, 1.54) is 4.57 Å². The van der Waals surface area contributed by atoms with Crippen molar-refractivity contribution >= 4 is 34.1 Å². The van der Waals surface area contributed by atoms with Crippen LogP contribution in [0.3, 0.4) is 0 Å². The van der Waals surface area contributed by atoms with Crippen molar-refractivity contribution in [1.82, 2.24) is 14.1 Å². The van der Waals surface area contributed by atoms with Gasteiger partial charge in [-0.1, -0.05) is 12.1 Å². The molecule has 152 valence electrons. The second-order valence-electron chi connectivity index (χ2n) is 8.11. The van der Waals surface area contributed by atoms with Crippen LogP contribution in [0.4, 0.5) is 4.79 Å². The predicted molar refractivity (Wildman–Crippen MR) is 114 cm³/mol. The quantitative estimate of drug-likeness (QED) is 0.483. The zero-order valence-electron chi connectivity index (χ0n) is 17.0. The third-order valence-corrected chi connectivity index (χ3v) is 4.73. The molecule has 0 unspecified atom stereocenters. The molecule has 0 aliphatic carbocycles. The largest absolute Gasteiger partial charge is 0.443 e. The maximum absolute atomic E-state index is 12.8. The molecule has 0 aliphatic rings.